The van der Waals surface area contributed by atoms with Crippen LogP contribution in [0.4, 0.5) is 0 Å². The molecule has 0 radical (unpaired) electrons. The number of hydrogen-bond donors (Lipinski definition) is 1. The number of amides is 1. The van der Waals surface area contributed by atoms with Crippen molar-refractivity contribution in [3.63, 3.8) is 0 Å². The molecule has 1 aromatic heterocycles. The molecule has 0 aliphatic carbocycles. The normalized spacial score (nSPS) is 17.2. The molecule has 6 heteroatoms. The molecule has 1 aliphatic heterocycles. The fraction of sp³-hybridized carbons (Fsp3) is 0.526. The lowest BCUT2D eigenvalue weighted by Crippen LogP contribution is -2.28. The molecule has 0 saturated carbocycles. The number of benzene rings is 1. The van der Waals surface area contributed by atoms with Gasteiger partial charge in [-0.15, -0.1) is 0 Å². The zero-order chi connectivity index (χ0) is 17.8. The van der Waals surface area contributed by atoms with Crippen molar-refractivity contribution in [3.05, 3.63) is 47.1 Å². The van der Waals surface area contributed by atoms with Crippen molar-refractivity contribution < 1.29 is 9.32 Å². The Hall–Kier alpha value is -2.21. The summed E-state index contributed by atoms with van der Waals surface area (Å²) in [5.74, 6) is 2.03. The predicted octanol–water partition coefficient (Wildman–Crippen LogP) is 2.62. The highest BCUT2D eigenvalue weighted by molar-refractivity contribution is 5.95. The molecule has 3 rings (SSSR count). The molecular formula is C19H26N4O2. The number of nitrogens with one attached hydrogen (secondary N) is 1. The highest BCUT2D eigenvalue weighted by atomic mass is 16.5. The first-order valence-electron chi connectivity index (χ1n) is 8.91. The lowest BCUT2D eigenvalue weighted by Gasteiger charge is -2.19. The minimum absolute atomic E-state index is 0.00823. The van der Waals surface area contributed by atoms with Crippen LogP contribution in [0.3, 0.4) is 0 Å². The van der Waals surface area contributed by atoms with Gasteiger partial charge in [-0.2, -0.15) is 4.98 Å². The average molecular weight is 342 g/mol. The Balaban J connectivity index is 1.71. The molecule has 2 aromatic rings. The molecule has 1 aliphatic rings. The molecule has 1 atom stereocenters. The van der Waals surface area contributed by atoms with Gasteiger partial charge >= 0.3 is 0 Å². The second-order valence-corrected chi connectivity index (χ2v) is 7.14. The van der Waals surface area contributed by atoms with Crippen molar-refractivity contribution in [1.82, 2.24) is 20.4 Å². The largest absolute Gasteiger partial charge is 0.337 e. The minimum atomic E-state index is -0.00823. The van der Waals surface area contributed by atoms with Crippen molar-refractivity contribution in [2.75, 3.05) is 20.1 Å². The van der Waals surface area contributed by atoms with Crippen LogP contribution < -0.4 is 5.32 Å². The first kappa shape index (κ1) is 17.6. The molecule has 2 heterocycles. The number of hydrogen-bond acceptors (Lipinski definition) is 5. The Labute approximate surface area is 148 Å². The van der Waals surface area contributed by atoms with Gasteiger partial charge in [-0.3, -0.25) is 4.79 Å². The van der Waals surface area contributed by atoms with Crippen LogP contribution in [0.1, 0.15) is 53.8 Å². The lowest BCUT2D eigenvalue weighted by molar-refractivity contribution is 0.0768. The molecule has 1 aromatic carbocycles. The molecule has 1 saturated heterocycles. The van der Waals surface area contributed by atoms with Gasteiger partial charge in [-0.05, 0) is 36.4 Å². The molecule has 0 spiro atoms. The summed E-state index contributed by atoms with van der Waals surface area (Å²) in [7, 11) is 1.78. The van der Waals surface area contributed by atoms with Crippen LogP contribution in [0.15, 0.2) is 28.8 Å². The van der Waals surface area contributed by atoms with E-state index in [9.17, 15) is 4.79 Å². The summed E-state index contributed by atoms with van der Waals surface area (Å²) in [5.41, 5.74) is 1.89. The number of aromatic nitrogens is 2. The van der Waals surface area contributed by atoms with Crippen molar-refractivity contribution in [2.45, 2.75) is 39.2 Å². The second kappa shape index (κ2) is 7.78. The van der Waals surface area contributed by atoms with Crippen LogP contribution in [0.5, 0.6) is 0 Å². The Kier molecular flexibility index (Phi) is 5.48. The Morgan fingerprint density at radius 2 is 2.20 bits per heavy atom. The zero-order valence-corrected chi connectivity index (χ0v) is 15.2. The molecule has 25 heavy (non-hydrogen) atoms. The van der Waals surface area contributed by atoms with E-state index in [1.54, 1.807) is 11.9 Å². The highest BCUT2D eigenvalue weighted by Crippen LogP contribution is 2.26. The fourth-order valence-corrected chi connectivity index (χ4v) is 3.25. The van der Waals surface area contributed by atoms with E-state index in [-0.39, 0.29) is 5.91 Å². The Morgan fingerprint density at radius 1 is 1.40 bits per heavy atom. The van der Waals surface area contributed by atoms with Crippen LogP contribution in [0.2, 0.25) is 0 Å². The average Bonchev–Trinajstić information content (AvgIpc) is 3.26. The van der Waals surface area contributed by atoms with Gasteiger partial charge in [0.2, 0.25) is 5.89 Å². The maximum absolute atomic E-state index is 12.9. The smallest absolute Gasteiger partial charge is 0.254 e. The standard InChI is InChI=1S/C19H26N4O2/c1-13(2)10-17-21-18(25-22-17)12-23(3)19(24)16-7-5-4-6-15(16)14-8-9-20-11-14/h4-7,13-14,20H,8-12H2,1-3H3/t14-/m1/s1. The monoisotopic (exact) mass is 342 g/mol. The van der Waals surface area contributed by atoms with Crippen molar-refractivity contribution in [1.29, 1.82) is 0 Å². The van der Waals surface area contributed by atoms with E-state index in [0.29, 0.717) is 30.1 Å². The van der Waals surface area contributed by atoms with Crippen LogP contribution in [-0.2, 0) is 13.0 Å². The SMILES string of the molecule is CC(C)Cc1noc(CN(C)C(=O)c2ccccc2[C@@H]2CCNC2)n1. The van der Waals surface area contributed by atoms with E-state index < -0.39 is 0 Å². The van der Waals surface area contributed by atoms with E-state index in [1.807, 2.05) is 18.2 Å². The minimum Gasteiger partial charge on any atom is -0.337 e. The first-order valence-corrected chi connectivity index (χ1v) is 8.91. The zero-order valence-electron chi connectivity index (χ0n) is 15.2. The number of nitrogens with zero attached hydrogens (tertiary/aromatic N) is 3. The summed E-state index contributed by atoms with van der Waals surface area (Å²) in [6.07, 6.45) is 1.84. The maximum Gasteiger partial charge on any atom is 0.254 e. The summed E-state index contributed by atoms with van der Waals surface area (Å²) in [4.78, 5) is 19.0. The number of carbonyl (C=O) groups is 1. The molecule has 0 unspecified atom stereocenters. The fourth-order valence-electron chi connectivity index (χ4n) is 3.25. The molecular weight excluding hydrogens is 316 g/mol. The van der Waals surface area contributed by atoms with Crippen molar-refractivity contribution in [2.24, 2.45) is 5.92 Å². The van der Waals surface area contributed by atoms with E-state index in [4.69, 9.17) is 4.52 Å². The van der Waals surface area contributed by atoms with E-state index >= 15 is 0 Å². The Morgan fingerprint density at radius 3 is 2.92 bits per heavy atom. The summed E-state index contributed by atoms with van der Waals surface area (Å²) in [6.45, 7) is 6.47. The third kappa shape index (κ3) is 4.25. The Bertz CT molecular complexity index is 720. The van der Waals surface area contributed by atoms with Gasteiger partial charge in [0.25, 0.3) is 5.91 Å². The van der Waals surface area contributed by atoms with Crippen LogP contribution in [0, 0.1) is 5.92 Å². The van der Waals surface area contributed by atoms with E-state index in [2.05, 4.69) is 35.4 Å². The van der Waals surface area contributed by atoms with Gasteiger partial charge in [0.05, 0.1) is 6.54 Å². The van der Waals surface area contributed by atoms with Gasteiger partial charge in [-0.25, -0.2) is 0 Å². The van der Waals surface area contributed by atoms with E-state index in [1.165, 1.54) is 0 Å². The third-order valence-electron chi connectivity index (χ3n) is 4.51. The topological polar surface area (TPSA) is 71.3 Å². The van der Waals surface area contributed by atoms with Crippen molar-refractivity contribution >= 4 is 5.91 Å². The summed E-state index contributed by atoms with van der Waals surface area (Å²) in [6, 6.07) is 7.89. The molecule has 6 nitrogen and oxygen atoms in total. The molecule has 0 bridgehead atoms. The van der Waals surface area contributed by atoms with Gasteiger partial charge in [0.1, 0.15) is 0 Å². The molecule has 1 N–H and O–H groups in total. The summed E-state index contributed by atoms with van der Waals surface area (Å²) >= 11 is 0. The first-order chi connectivity index (χ1) is 12.0. The molecule has 1 fully saturated rings. The predicted molar refractivity (Wildman–Crippen MR) is 95.3 cm³/mol. The third-order valence-corrected chi connectivity index (χ3v) is 4.51. The van der Waals surface area contributed by atoms with Crippen LogP contribution >= 0.6 is 0 Å². The van der Waals surface area contributed by atoms with Crippen molar-refractivity contribution in [3.8, 4) is 0 Å². The maximum atomic E-state index is 12.9. The lowest BCUT2D eigenvalue weighted by atomic mass is 9.93. The number of carbonyl (C=O) groups excluding carboxylic acids is 1. The van der Waals surface area contributed by atoms with Gasteiger partial charge in [0, 0.05) is 25.6 Å². The van der Waals surface area contributed by atoms with Gasteiger partial charge < -0.3 is 14.7 Å². The summed E-state index contributed by atoms with van der Waals surface area (Å²) in [5, 5.41) is 7.36. The van der Waals surface area contributed by atoms with Crippen LogP contribution in [-0.4, -0.2) is 41.1 Å². The van der Waals surface area contributed by atoms with Gasteiger partial charge in [0.15, 0.2) is 5.82 Å². The molecule has 1 amide bonds. The summed E-state index contributed by atoms with van der Waals surface area (Å²) < 4.78 is 5.29. The number of rotatable bonds is 6. The van der Waals surface area contributed by atoms with Crippen LogP contribution in [0.25, 0.3) is 0 Å². The second-order valence-electron chi connectivity index (χ2n) is 7.14. The quantitative estimate of drug-likeness (QED) is 0.874. The molecule has 134 valence electrons. The van der Waals surface area contributed by atoms with Gasteiger partial charge in [-0.1, -0.05) is 37.2 Å². The van der Waals surface area contributed by atoms with E-state index in [0.717, 1.165) is 37.1 Å². The highest BCUT2D eigenvalue weighted by Gasteiger charge is 2.24.